The molecule has 0 bridgehead atoms. The van der Waals surface area contributed by atoms with Gasteiger partial charge in [0.05, 0.1) is 17.2 Å². The summed E-state index contributed by atoms with van der Waals surface area (Å²) in [7, 11) is 0. The van der Waals surface area contributed by atoms with E-state index in [0.29, 0.717) is 37.8 Å². The van der Waals surface area contributed by atoms with Crippen LogP contribution in [-0.2, 0) is 13.2 Å². The van der Waals surface area contributed by atoms with Crippen molar-refractivity contribution in [3.63, 3.8) is 0 Å². The van der Waals surface area contributed by atoms with E-state index in [0.717, 1.165) is 28.7 Å². The van der Waals surface area contributed by atoms with E-state index in [-0.39, 0.29) is 11.9 Å². The Morgan fingerprint density at radius 3 is 2.46 bits per heavy atom. The lowest BCUT2D eigenvalue weighted by molar-refractivity contribution is 0.191. The van der Waals surface area contributed by atoms with Crippen molar-refractivity contribution >= 4 is 15.9 Å². The minimum absolute atomic E-state index is 0.266. The van der Waals surface area contributed by atoms with Gasteiger partial charge in [0.25, 0.3) is 0 Å². The molecule has 0 radical (unpaired) electrons. The molecule has 3 N–H and O–H groups in total. The molecule has 0 aliphatic heterocycles. The summed E-state index contributed by atoms with van der Waals surface area (Å²) in [4.78, 5) is 0. The lowest BCUT2D eigenvalue weighted by Gasteiger charge is -2.16. The maximum absolute atomic E-state index is 13.0. The van der Waals surface area contributed by atoms with Crippen LogP contribution in [0.15, 0.2) is 40.9 Å². The van der Waals surface area contributed by atoms with Gasteiger partial charge in [-0.25, -0.2) is 4.39 Å². The number of hydrogen-bond donors (Lipinski definition) is 3. The molecule has 154 valence electrons. The fraction of sp³-hybridized carbons (Fsp3) is 0.429. The van der Waals surface area contributed by atoms with Crippen LogP contribution in [0, 0.1) is 5.82 Å². The minimum Gasteiger partial charge on any atom is -0.490 e. The number of rotatable bonds is 12. The molecule has 0 amide bonds. The van der Waals surface area contributed by atoms with Crippen LogP contribution in [0.3, 0.4) is 0 Å². The van der Waals surface area contributed by atoms with Crippen molar-refractivity contribution in [1.29, 1.82) is 0 Å². The minimum atomic E-state index is -0.341. The first kappa shape index (κ1) is 22.6. The highest BCUT2D eigenvalue weighted by Crippen LogP contribution is 2.37. The van der Waals surface area contributed by atoms with Gasteiger partial charge in [0.15, 0.2) is 11.5 Å². The van der Waals surface area contributed by atoms with Gasteiger partial charge in [-0.15, -0.1) is 0 Å². The number of ether oxygens (including phenoxy) is 2. The van der Waals surface area contributed by atoms with Gasteiger partial charge in [0.1, 0.15) is 12.4 Å². The Morgan fingerprint density at radius 1 is 1.07 bits per heavy atom. The van der Waals surface area contributed by atoms with Gasteiger partial charge >= 0.3 is 0 Å². The van der Waals surface area contributed by atoms with Gasteiger partial charge in [-0.1, -0.05) is 12.1 Å². The summed E-state index contributed by atoms with van der Waals surface area (Å²) in [5, 5.41) is 15.7. The highest BCUT2D eigenvalue weighted by Gasteiger charge is 2.13. The molecule has 28 heavy (non-hydrogen) atoms. The summed E-state index contributed by atoms with van der Waals surface area (Å²) in [5.41, 5.74) is 1.95. The number of nitrogens with one attached hydrogen (secondary N) is 2. The fourth-order valence-electron chi connectivity index (χ4n) is 2.58. The van der Waals surface area contributed by atoms with E-state index >= 15 is 0 Å². The fourth-order valence-corrected chi connectivity index (χ4v) is 3.19. The summed E-state index contributed by atoms with van der Waals surface area (Å²) < 4.78 is 25.5. The predicted molar refractivity (Wildman–Crippen MR) is 112 cm³/mol. The third-order valence-corrected chi connectivity index (χ3v) is 4.50. The van der Waals surface area contributed by atoms with Crippen molar-refractivity contribution < 1.29 is 19.0 Å². The molecule has 0 saturated carbocycles. The number of benzene rings is 2. The Morgan fingerprint density at radius 2 is 1.79 bits per heavy atom. The summed E-state index contributed by atoms with van der Waals surface area (Å²) in [6.45, 7) is 7.38. The average Bonchev–Trinajstić information content (AvgIpc) is 2.65. The second kappa shape index (κ2) is 12.0. The number of aliphatic hydroxyl groups is 1. The summed E-state index contributed by atoms with van der Waals surface area (Å²) in [5.74, 6) is 1.04. The maximum atomic E-state index is 13.0. The molecule has 0 spiro atoms. The van der Waals surface area contributed by atoms with E-state index in [9.17, 15) is 9.50 Å². The third kappa shape index (κ3) is 7.75. The molecule has 0 aliphatic carbocycles. The van der Waals surface area contributed by atoms with Gasteiger partial charge in [-0.3, -0.25) is 0 Å². The summed E-state index contributed by atoms with van der Waals surface area (Å²) in [6, 6.07) is 10.2. The molecule has 2 rings (SSSR count). The SMILES string of the molecule is CCOc1cc(CNCCNC[C@@H](C)O)cc(Br)c1OCc1ccc(F)cc1. The molecule has 0 heterocycles. The smallest absolute Gasteiger partial charge is 0.175 e. The molecule has 0 unspecified atom stereocenters. The van der Waals surface area contributed by atoms with Crippen LogP contribution in [0.4, 0.5) is 4.39 Å². The van der Waals surface area contributed by atoms with Crippen LogP contribution in [0.1, 0.15) is 25.0 Å². The van der Waals surface area contributed by atoms with Crippen LogP contribution in [-0.4, -0.2) is 37.5 Å². The van der Waals surface area contributed by atoms with E-state index in [1.54, 1.807) is 19.1 Å². The molecule has 0 aromatic heterocycles. The van der Waals surface area contributed by atoms with Crippen molar-refractivity contribution in [1.82, 2.24) is 10.6 Å². The molecule has 1 atom stereocenters. The van der Waals surface area contributed by atoms with Crippen LogP contribution >= 0.6 is 15.9 Å². The van der Waals surface area contributed by atoms with Gasteiger partial charge in [-0.05, 0) is 65.2 Å². The Labute approximate surface area is 174 Å². The maximum Gasteiger partial charge on any atom is 0.175 e. The first-order chi connectivity index (χ1) is 13.5. The summed E-state index contributed by atoms with van der Waals surface area (Å²) >= 11 is 3.57. The molecular formula is C21H28BrFN2O3. The van der Waals surface area contributed by atoms with Crippen molar-refractivity contribution in [2.24, 2.45) is 0 Å². The zero-order valence-corrected chi connectivity index (χ0v) is 17.9. The zero-order valence-electron chi connectivity index (χ0n) is 16.3. The first-order valence-corrected chi connectivity index (χ1v) is 10.2. The molecule has 5 nitrogen and oxygen atoms in total. The molecule has 2 aromatic rings. The van der Waals surface area contributed by atoms with Crippen LogP contribution in [0.25, 0.3) is 0 Å². The average molecular weight is 455 g/mol. The van der Waals surface area contributed by atoms with Gasteiger partial charge in [0.2, 0.25) is 0 Å². The van der Waals surface area contributed by atoms with Gasteiger partial charge < -0.3 is 25.2 Å². The van der Waals surface area contributed by atoms with E-state index in [1.165, 1.54) is 12.1 Å². The van der Waals surface area contributed by atoms with Crippen LogP contribution in [0.5, 0.6) is 11.5 Å². The van der Waals surface area contributed by atoms with Gasteiger partial charge in [0, 0.05) is 26.2 Å². The Bertz CT molecular complexity index is 726. The summed E-state index contributed by atoms with van der Waals surface area (Å²) in [6.07, 6.45) is -0.341. The Balaban J connectivity index is 1.95. The topological polar surface area (TPSA) is 62.8 Å². The second-order valence-electron chi connectivity index (χ2n) is 6.48. The number of halogens is 2. The highest BCUT2D eigenvalue weighted by molar-refractivity contribution is 9.10. The molecule has 0 fully saturated rings. The van der Waals surface area contributed by atoms with Crippen LogP contribution in [0.2, 0.25) is 0 Å². The van der Waals surface area contributed by atoms with Crippen molar-refractivity contribution in [2.75, 3.05) is 26.2 Å². The Kier molecular flexibility index (Phi) is 9.70. The molecular weight excluding hydrogens is 427 g/mol. The van der Waals surface area contributed by atoms with E-state index < -0.39 is 0 Å². The lowest BCUT2D eigenvalue weighted by atomic mass is 10.2. The monoisotopic (exact) mass is 454 g/mol. The van der Waals surface area contributed by atoms with E-state index in [4.69, 9.17) is 9.47 Å². The quantitative estimate of drug-likeness (QED) is 0.427. The zero-order chi connectivity index (χ0) is 20.4. The van der Waals surface area contributed by atoms with E-state index in [1.807, 2.05) is 19.1 Å². The van der Waals surface area contributed by atoms with Crippen molar-refractivity contribution in [3.05, 3.63) is 57.8 Å². The molecule has 0 aliphatic rings. The molecule has 2 aromatic carbocycles. The number of hydrogen-bond acceptors (Lipinski definition) is 5. The highest BCUT2D eigenvalue weighted by atomic mass is 79.9. The normalized spacial score (nSPS) is 12.0. The Hall–Kier alpha value is -1.67. The van der Waals surface area contributed by atoms with Crippen LogP contribution < -0.4 is 20.1 Å². The largest absolute Gasteiger partial charge is 0.490 e. The second-order valence-corrected chi connectivity index (χ2v) is 7.34. The third-order valence-electron chi connectivity index (χ3n) is 3.91. The standard InChI is InChI=1S/C21H28BrFN2O3/c1-3-27-20-11-17(13-25-9-8-24-12-15(2)26)10-19(22)21(20)28-14-16-4-6-18(23)7-5-16/h4-7,10-11,15,24-26H,3,8-9,12-14H2,1-2H3/t15-/m1/s1. The van der Waals surface area contributed by atoms with Crippen molar-refractivity contribution in [2.45, 2.75) is 33.1 Å². The lowest BCUT2D eigenvalue weighted by Crippen LogP contribution is -2.31. The first-order valence-electron chi connectivity index (χ1n) is 9.41. The molecule has 0 saturated heterocycles. The van der Waals surface area contributed by atoms with E-state index in [2.05, 4.69) is 26.6 Å². The predicted octanol–water partition coefficient (Wildman–Crippen LogP) is 3.63. The number of aliphatic hydroxyl groups excluding tert-OH is 1. The molecule has 7 heteroatoms. The van der Waals surface area contributed by atoms with Gasteiger partial charge in [-0.2, -0.15) is 0 Å². The van der Waals surface area contributed by atoms with Crippen molar-refractivity contribution in [3.8, 4) is 11.5 Å².